The Labute approximate surface area is 97.1 Å². The first kappa shape index (κ1) is 15.3. The molecule has 0 aliphatic carbocycles. The van der Waals surface area contributed by atoms with Crippen molar-refractivity contribution in [2.75, 3.05) is 26.7 Å². The molecule has 96 valence electrons. The van der Waals surface area contributed by atoms with Gasteiger partial charge in [0.2, 0.25) is 0 Å². The summed E-state index contributed by atoms with van der Waals surface area (Å²) in [5.41, 5.74) is 0. The number of likely N-dealkylation sites (N-methyl/N-ethyl adjacent to an activating group) is 1. The Morgan fingerprint density at radius 2 is 2.00 bits per heavy atom. The van der Waals surface area contributed by atoms with Gasteiger partial charge in [-0.15, -0.1) is 0 Å². The summed E-state index contributed by atoms with van der Waals surface area (Å²) < 4.78 is 31.2. The van der Waals surface area contributed by atoms with E-state index >= 15 is 0 Å². The van der Waals surface area contributed by atoms with E-state index in [1.54, 1.807) is 6.92 Å². The zero-order valence-electron chi connectivity index (χ0n) is 10.2. The fourth-order valence-corrected chi connectivity index (χ4v) is 1.90. The van der Waals surface area contributed by atoms with Crippen molar-refractivity contribution in [3.63, 3.8) is 0 Å². The van der Waals surface area contributed by atoms with Crippen molar-refractivity contribution in [2.24, 2.45) is 5.92 Å². The number of esters is 1. The Balaban J connectivity index is 4.24. The lowest BCUT2D eigenvalue weighted by molar-refractivity contribution is -0.143. The molecule has 0 fully saturated rings. The molecular weight excluding hydrogens is 232 g/mol. The van der Waals surface area contributed by atoms with Gasteiger partial charge in [0.05, 0.1) is 6.61 Å². The highest BCUT2D eigenvalue weighted by Gasteiger charge is 2.20. The third kappa shape index (κ3) is 6.04. The Bertz CT molecular complexity index is 313. The predicted octanol–water partition coefficient (Wildman–Crippen LogP) is -0.0283. The Morgan fingerprint density at radius 3 is 2.44 bits per heavy atom. The van der Waals surface area contributed by atoms with Crippen LogP contribution in [0.2, 0.25) is 0 Å². The lowest BCUT2D eigenvalue weighted by Crippen LogP contribution is -2.42. The molecule has 0 unspecified atom stereocenters. The van der Waals surface area contributed by atoms with Gasteiger partial charge in [0.25, 0.3) is 10.2 Å². The molecule has 6 nitrogen and oxygen atoms in total. The number of rotatable bonds is 7. The van der Waals surface area contributed by atoms with Crippen molar-refractivity contribution in [3.8, 4) is 0 Å². The molecule has 0 heterocycles. The summed E-state index contributed by atoms with van der Waals surface area (Å²) in [5.74, 6) is -0.342. The lowest BCUT2D eigenvalue weighted by Gasteiger charge is -2.17. The van der Waals surface area contributed by atoms with E-state index in [1.807, 2.05) is 13.8 Å². The zero-order chi connectivity index (χ0) is 12.8. The molecular formula is C9H20N2O4S. The summed E-state index contributed by atoms with van der Waals surface area (Å²) in [6.07, 6.45) is 0. The van der Waals surface area contributed by atoms with E-state index in [-0.39, 0.29) is 19.1 Å². The van der Waals surface area contributed by atoms with Crippen LogP contribution in [0.25, 0.3) is 0 Å². The van der Waals surface area contributed by atoms with Crippen molar-refractivity contribution < 1.29 is 17.9 Å². The van der Waals surface area contributed by atoms with Gasteiger partial charge < -0.3 is 4.74 Å². The molecule has 0 rings (SSSR count). The van der Waals surface area contributed by atoms with E-state index < -0.39 is 16.2 Å². The van der Waals surface area contributed by atoms with E-state index in [2.05, 4.69) is 9.46 Å². The van der Waals surface area contributed by atoms with Crippen molar-refractivity contribution in [2.45, 2.75) is 20.8 Å². The standard InChI is InChI=1S/C9H20N2O4S/c1-5-15-9(12)7-11(4)16(13,14)10-6-8(2)3/h8,10H,5-7H2,1-4H3. The van der Waals surface area contributed by atoms with Crippen LogP contribution in [-0.4, -0.2) is 45.4 Å². The first-order valence-corrected chi connectivity index (χ1v) is 6.60. The minimum absolute atomic E-state index is 0.214. The van der Waals surface area contributed by atoms with E-state index in [1.165, 1.54) is 7.05 Å². The summed E-state index contributed by atoms with van der Waals surface area (Å²) in [6.45, 7) is 5.77. The fraction of sp³-hybridized carbons (Fsp3) is 0.889. The van der Waals surface area contributed by atoms with E-state index in [4.69, 9.17) is 0 Å². The average molecular weight is 252 g/mol. The van der Waals surface area contributed by atoms with E-state index in [0.29, 0.717) is 6.54 Å². The number of carbonyl (C=O) groups excluding carboxylic acids is 1. The molecule has 16 heavy (non-hydrogen) atoms. The Morgan fingerprint density at radius 1 is 1.44 bits per heavy atom. The Hall–Kier alpha value is -0.660. The SMILES string of the molecule is CCOC(=O)CN(C)S(=O)(=O)NCC(C)C. The Kier molecular flexibility index (Phi) is 6.54. The van der Waals surface area contributed by atoms with Gasteiger partial charge in [0.15, 0.2) is 0 Å². The number of hydrogen-bond acceptors (Lipinski definition) is 4. The van der Waals surface area contributed by atoms with Crippen molar-refractivity contribution in [3.05, 3.63) is 0 Å². The number of nitrogens with one attached hydrogen (secondary N) is 1. The largest absolute Gasteiger partial charge is 0.465 e. The monoisotopic (exact) mass is 252 g/mol. The third-order valence-corrected chi connectivity index (χ3v) is 3.22. The van der Waals surface area contributed by atoms with Crippen LogP contribution >= 0.6 is 0 Å². The summed E-state index contributed by atoms with van der Waals surface area (Å²) >= 11 is 0. The second-order valence-corrected chi connectivity index (χ2v) is 5.67. The second-order valence-electron chi connectivity index (χ2n) is 3.81. The highest BCUT2D eigenvalue weighted by molar-refractivity contribution is 7.87. The van der Waals surface area contributed by atoms with Gasteiger partial charge in [-0.25, -0.2) is 4.72 Å². The molecule has 1 N–H and O–H groups in total. The first-order chi connectivity index (χ1) is 7.29. The topological polar surface area (TPSA) is 75.7 Å². The molecule has 0 aromatic heterocycles. The van der Waals surface area contributed by atoms with Gasteiger partial charge in [-0.3, -0.25) is 4.79 Å². The highest BCUT2D eigenvalue weighted by atomic mass is 32.2. The van der Waals surface area contributed by atoms with Crippen molar-refractivity contribution in [1.82, 2.24) is 9.03 Å². The maximum atomic E-state index is 11.6. The number of ether oxygens (including phenoxy) is 1. The first-order valence-electron chi connectivity index (χ1n) is 5.16. The third-order valence-electron chi connectivity index (χ3n) is 1.74. The van der Waals surface area contributed by atoms with Gasteiger partial charge in [-0.05, 0) is 12.8 Å². The molecule has 0 aromatic rings. The van der Waals surface area contributed by atoms with Gasteiger partial charge >= 0.3 is 5.97 Å². The molecule has 0 radical (unpaired) electrons. The maximum absolute atomic E-state index is 11.6. The number of carbonyl (C=O) groups is 1. The van der Waals surface area contributed by atoms with Crippen LogP contribution in [0.1, 0.15) is 20.8 Å². The molecule has 7 heteroatoms. The summed E-state index contributed by atoms with van der Waals surface area (Å²) in [4.78, 5) is 11.1. The van der Waals surface area contributed by atoms with Gasteiger partial charge in [0.1, 0.15) is 6.54 Å². The molecule has 0 spiro atoms. The molecule has 0 saturated heterocycles. The van der Waals surface area contributed by atoms with Crippen LogP contribution in [0.5, 0.6) is 0 Å². The van der Waals surface area contributed by atoms with Crippen LogP contribution in [-0.2, 0) is 19.7 Å². The highest BCUT2D eigenvalue weighted by Crippen LogP contribution is 1.97. The second kappa shape index (κ2) is 6.82. The van der Waals surface area contributed by atoms with Crippen LogP contribution in [0.4, 0.5) is 0 Å². The molecule has 0 bridgehead atoms. The number of hydrogen-bond donors (Lipinski definition) is 1. The van der Waals surface area contributed by atoms with Crippen molar-refractivity contribution >= 4 is 16.2 Å². The quantitative estimate of drug-likeness (QED) is 0.646. The van der Waals surface area contributed by atoms with Crippen LogP contribution in [0.15, 0.2) is 0 Å². The van der Waals surface area contributed by atoms with E-state index in [9.17, 15) is 13.2 Å². The lowest BCUT2D eigenvalue weighted by atomic mass is 10.2. The summed E-state index contributed by atoms with van der Waals surface area (Å²) in [6, 6.07) is 0. The molecule has 0 aliphatic rings. The summed E-state index contributed by atoms with van der Waals surface area (Å²) in [7, 11) is -2.25. The average Bonchev–Trinajstić information content (AvgIpc) is 2.15. The van der Waals surface area contributed by atoms with Crippen LogP contribution in [0, 0.1) is 5.92 Å². The molecule has 0 atom stereocenters. The minimum atomic E-state index is -3.59. The van der Waals surface area contributed by atoms with Gasteiger partial charge in [-0.2, -0.15) is 12.7 Å². The molecule has 0 aromatic carbocycles. The molecule has 0 amide bonds. The smallest absolute Gasteiger partial charge is 0.321 e. The maximum Gasteiger partial charge on any atom is 0.321 e. The molecule has 0 saturated carbocycles. The number of nitrogens with zero attached hydrogens (tertiary/aromatic N) is 1. The van der Waals surface area contributed by atoms with Gasteiger partial charge in [-0.1, -0.05) is 13.8 Å². The summed E-state index contributed by atoms with van der Waals surface area (Å²) in [5, 5.41) is 0. The normalized spacial score (nSPS) is 12.1. The fourth-order valence-electron chi connectivity index (χ4n) is 0.856. The van der Waals surface area contributed by atoms with E-state index in [0.717, 1.165) is 4.31 Å². The van der Waals surface area contributed by atoms with Gasteiger partial charge in [0, 0.05) is 13.6 Å². The predicted molar refractivity (Wildman–Crippen MR) is 61.0 cm³/mol. The minimum Gasteiger partial charge on any atom is -0.465 e. The van der Waals surface area contributed by atoms with Crippen LogP contribution < -0.4 is 4.72 Å². The zero-order valence-corrected chi connectivity index (χ0v) is 11.0. The molecule has 0 aliphatic heterocycles. The van der Waals surface area contributed by atoms with Crippen LogP contribution in [0.3, 0.4) is 0 Å². The van der Waals surface area contributed by atoms with Crippen molar-refractivity contribution in [1.29, 1.82) is 0 Å².